The molecule has 0 amide bonds. The van der Waals surface area contributed by atoms with Gasteiger partial charge in [0.05, 0.1) is 28.7 Å². The van der Waals surface area contributed by atoms with Gasteiger partial charge in [0.1, 0.15) is 5.82 Å². The van der Waals surface area contributed by atoms with E-state index in [1.165, 1.54) is 0 Å². The van der Waals surface area contributed by atoms with Gasteiger partial charge >= 0.3 is 5.97 Å². The van der Waals surface area contributed by atoms with Crippen molar-refractivity contribution in [3.63, 3.8) is 0 Å². The van der Waals surface area contributed by atoms with Crippen molar-refractivity contribution in [3.05, 3.63) is 28.5 Å². The van der Waals surface area contributed by atoms with Crippen molar-refractivity contribution in [2.75, 3.05) is 26.3 Å². The summed E-state index contributed by atoms with van der Waals surface area (Å²) in [6.45, 7) is -1.67. The summed E-state index contributed by atoms with van der Waals surface area (Å²) in [4.78, 5) is 10.3. The number of rotatable bonds is 7. The molecule has 0 fully saturated rings. The molecule has 0 aliphatic rings. The van der Waals surface area contributed by atoms with Gasteiger partial charge in [0, 0.05) is 13.1 Å². The van der Waals surface area contributed by atoms with Gasteiger partial charge in [0.15, 0.2) is 0 Å². The molecule has 118 valence electrons. The summed E-state index contributed by atoms with van der Waals surface area (Å²) in [7, 11) is -4.27. The maximum absolute atomic E-state index is 13.6. The Hall–Kier alpha value is -1.26. The van der Waals surface area contributed by atoms with Gasteiger partial charge in [0.2, 0.25) is 10.0 Å². The average molecular weight is 342 g/mol. The molecule has 0 saturated heterocycles. The fraction of sp³-hybridized carbons (Fsp3) is 0.364. The number of halogens is 2. The highest BCUT2D eigenvalue weighted by Crippen LogP contribution is 2.26. The number of hydrogen-bond donors (Lipinski definition) is 3. The van der Waals surface area contributed by atoms with Crippen LogP contribution in [-0.2, 0) is 10.0 Å². The van der Waals surface area contributed by atoms with Gasteiger partial charge in [-0.2, -0.15) is 4.31 Å². The number of sulfonamides is 1. The Morgan fingerprint density at radius 3 is 2.19 bits per heavy atom. The van der Waals surface area contributed by atoms with Crippen molar-refractivity contribution < 1.29 is 32.9 Å². The molecule has 0 radical (unpaired) electrons. The van der Waals surface area contributed by atoms with Crippen LogP contribution in [0.4, 0.5) is 4.39 Å². The van der Waals surface area contributed by atoms with Crippen LogP contribution < -0.4 is 0 Å². The molecule has 0 heterocycles. The summed E-state index contributed by atoms with van der Waals surface area (Å²) < 4.78 is 38.8. The highest BCUT2D eigenvalue weighted by atomic mass is 35.5. The second-order valence-corrected chi connectivity index (χ2v) is 6.24. The Balaban J connectivity index is 3.40. The standard InChI is InChI=1S/C11H13ClFNO6S/c12-10-8(11(17)18)5-7(6-9(10)13)21(19,20)14(1-3-15)2-4-16/h5-6,15-16H,1-4H2,(H,17,18). The normalized spacial score (nSPS) is 11.9. The molecule has 1 rings (SSSR count). The fourth-order valence-electron chi connectivity index (χ4n) is 1.59. The molecule has 0 saturated carbocycles. The van der Waals surface area contributed by atoms with E-state index in [-0.39, 0.29) is 13.1 Å². The molecule has 0 atom stereocenters. The fourth-order valence-corrected chi connectivity index (χ4v) is 3.24. The van der Waals surface area contributed by atoms with Crippen LogP contribution in [0.15, 0.2) is 17.0 Å². The number of aliphatic hydroxyl groups excluding tert-OH is 2. The predicted molar refractivity (Wildman–Crippen MR) is 71.3 cm³/mol. The first-order chi connectivity index (χ1) is 9.75. The third-order valence-corrected chi connectivity index (χ3v) is 4.83. The molecular formula is C11H13ClFNO6S. The molecule has 0 aliphatic carbocycles. The lowest BCUT2D eigenvalue weighted by atomic mass is 10.2. The minimum atomic E-state index is -4.27. The first-order valence-corrected chi connectivity index (χ1v) is 7.51. The molecule has 0 unspecified atom stereocenters. The van der Waals surface area contributed by atoms with Gasteiger partial charge in [-0.15, -0.1) is 0 Å². The predicted octanol–water partition coefficient (Wildman–Crippen LogP) is 0.153. The highest BCUT2D eigenvalue weighted by Gasteiger charge is 2.27. The van der Waals surface area contributed by atoms with Gasteiger partial charge in [-0.3, -0.25) is 0 Å². The first-order valence-electron chi connectivity index (χ1n) is 5.70. The zero-order valence-corrected chi connectivity index (χ0v) is 12.2. The third-order valence-electron chi connectivity index (χ3n) is 2.57. The molecule has 3 N–H and O–H groups in total. The van der Waals surface area contributed by atoms with E-state index in [2.05, 4.69) is 0 Å². The molecule has 0 aliphatic heterocycles. The summed E-state index contributed by atoms with van der Waals surface area (Å²) in [6.07, 6.45) is 0. The molecule has 0 bridgehead atoms. The van der Waals surface area contributed by atoms with E-state index in [1.54, 1.807) is 0 Å². The molecule has 1 aromatic rings. The topological polar surface area (TPSA) is 115 Å². The molecule has 10 heteroatoms. The Morgan fingerprint density at radius 2 is 1.76 bits per heavy atom. The summed E-state index contributed by atoms with van der Waals surface area (Å²) >= 11 is 5.47. The van der Waals surface area contributed by atoms with Gasteiger partial charge in [-0.25, -0.2) is 17.6 Å². The monoisotopic (exact) mass is 341 g/mol. The lowest BCUT2D eigenvalue weighted by molar-refractivity contribution is 0.0696. The van der Waals surface area contributed by atoms with Crippen LogP contribution >= 0.6 is 11.6 Å². The van der Waals surface area contributed by atoms with E-state index >= 15 is 0 Å². The van der Waals surface area contributed by atoms with Gasteiger partial charge in [-0.1, -0.05) is 11.6 Å². The number of carboxylic acid groups (broad SMARTS) is 1. The highest BCUT2D eigenvalue weighted by molar-refractivity contribution is 7.89. The van der Waals surface area contributed by atoms with Gasteiger partial charge in [0.25, 0.3) is 0 Å². The molecular weight excluding hydrogens is 329 g/mol. The van der Waals surface area contributed by atoms with E-state index in [0.29, 0.717) is 10.4 Å². The van der Waals surface area contributed by atoms with Crippen LogP contribution in [0.25, 0.3) is 0 Å². The van der Waals surface area contributed by atoms with Crippen LogP contribution in [0.1, 0.15) is 10.4 Å². The number of nitrogens with zero attached hydrogens (tertiary/aromatic N) is 1. The average Bonchev–Trinajstić information content (AvgIpc) is 2.40. The summed E-state index contributed by atoms with van der Waals surface area (Å²) in [6, 6.07) is 1.32. The van der Waals surface area contributed by atoms with Crippen molar-refractivity contribution >= 4 is 27.6 Å². The van der Waals surface area contributed by atoms with Gasteiger partial charge < -0.3 is 15.3 Å². The minimum absolute atomic E-state index is 0.324. The van der Waals surface area contributed by atoms with Crippen molar-refractivity contribution in [1.82, 2.24) is 4.31 Å². The van der Waals surface area contributed by atoms with E-state index in [4.69, 9.17) is 26.9 Å². The Kier molecular flexibility index (Phi) is 6.05. The van der Waals surface area contributed by atoms with E-state index in [0.717, 1.165) is 6.07 Å². The summed E-state index contributed by atoms with van der Waals surface area (Å²) in [5, 5.41) is 25.9. The van der Waals surface area contributed by atoms with Gasteiger partial charge in [-0.05, 0) is 12.1 Å². The Labute approximate surface area is 125 Å². The zero-order chi connectivity index (χ0) is 16.2. The first kappa shape index (κ1) is 17.8. The van der Waals surface area contributed by atoms with Crippen molar-refractivity contribution in [1.29, 1.82) is 0 Å². The van der Waals surface area contributed by atoms with E-state index < -0.39 is 50.5 Å². The van der Waals surface area contributed by atoms with E-state index in [9.17, 15) is 17.6 Å². The quantitative estimate of drug-likeness (QED) is 0.650. The van der Waals surface area contributed by atoms with Crippen LogP contribution in [-0.4, -0.2) is 60.3 Å². The smallest absolute Gasteiger partial charge is 0.337 e. The number of carbonyl (C=O) groups is 1. The molecule has 7 nitrogen and oxygen atoms in total. The molecule has 0 aromatic heterocycles. The van der Waals surface area contributed by atoms with Crippen LogP contribution in [0.3, 0.4) is 0 Å². The molecule has 21 heavy (non-hydrogen) atoms. The van der Waals surface area contributed by atoms with Crippen molar-refractivity contribution in [2.45, 2.75) is 4.90 Å². The van der Waals surface area contributed by atoms with Crippen molar-refractivity contribution in [2.24, 2.45) is 0 Å². The second kappa shape index (κ2) is 7.14. The Bertz CT molecular complexity index is 630. The number of benzene rings is 1. The number of hydrogen-bond acceptors (Lipinski definition) is 5. The summed E-state index contributed by atoms with van der Waals surface area (Å²) in [5.74, 6) is -2.77. The minimum Gasteiger partial charge on any atom is -0.478 e. The maximum Gasteiger partial charge on any atom is 0.337 e. The van der Waals surface area contributed by atoms with Crippen LogP contribution in [0, 0.1) is 5.82 Å². The second-order valence-electron chi connectivity index (χ2n) is 3.92. The number of aromatic carboxylic acids is 1. The van der Waals surface area contributed by atoms with Crippen LogP contribution in [0.2, 0.25) is 5.02 Å². The number of aliphatic hydroxyl groups is 2. The zero-order valence-electron chi connectivity index (χ0n) is 10.7. The lowest BCUT2D eigenvalue weighted by Crippen LogP contribution is -2.36. The third kappa shape index (κ3) is 3.89. The lowest BCUT2D eigenvalue weighted by Gasteiger charge is -2.20. The summed E-state index contributed by atoms with van der Waals surface area (Å²) in [5.41, 5.74) is -0.691. The molecule has 0 spiro atoms. The number of carboxylic acids is 1. The van der Waals surface area contributed by atoms with E-state index in [1.807, 2.05) is 0 Å². The maximum atomic E-state index is 13.6. The molecule has 1 aromatic carbocycles. The van der Waals surface area contributed by atoms with Crippen LogP contribution in [0.5, 0.6) is 0 Å². The van der Waals surface area contributed by atoms with Crippen molar-refractivity contribution in [3.8, 4) is 0 Å². The Morgan fingerprint density at radius 1 is 1.24 bits per heavy atom. The largest absolute Gasteiger partial charge is 0.478 e. The SMILES string of the molecule is O=C(O)c1cc(S(=O)(=O)N(CCO)CCO)cc(F)c1Cl.